The molecule has 0 heterocycles. The summed E-state index contributed by atoms with van der Waals surface area (Å²) in [6, 6.07) is 8.70. The second kappa shape index (κ2) is 7.65. The smallest absolute Gasteiger partial charge is 0.119 e. The van der Waals surface area contributed by atoms with Crippen LogP contribution in [0.2, 0.25) is 0 Å². The van der Waals surface area contributed by atoms with Gasteiger partial charge in [-0.15, -0.1) is 0 Å². The Labute approximate surface area is 122 Å². The number of hydrazine groups is 1. The zero-order valence-electron chi connectivity index (χ0n) is 12.8. The maximum atomic E-state index is 5.81. The highest BCUT2D eigenvalue weighted by atomic mass is 16.5. The van der Waals surface area contributed by atoms with E-state index in [-0.39, 0.29) is 6.04 Å². The number of hydrogen-bond acceptors (Lipinski definition) is 3. The lowest BCUT2D eigenvalue weighted by Crippen LogP contribution is -2.33. The Bertz CT molecular complexity index is 380. The van der Waals surface area contributed by atoms with E-state index >= 15 is 0 Å². The molecule has 1 atom stereocenters. The number of benzene rings is 1. The highest BCUT2D eigenvalue weighted by molar-refractivity contribution is 5.30. The van der Waals surface area contributed by atoms with Gasteiger partial charge in [-0.1, -0.05) is 38.8 Å². The van der Waals surface area contributed by atoms with Crippen LogP contribution in [0, 0.1) is 5.92 Å². The van der Waals surface area contributed by atoms with Crippen LogP contribution in [0.25, 0.3) is 0 Å². The summed E-state index contributed by atoms with van der Waals surface area (Å²) in [5.74, 6) is 7.40. The summed E-state index contributed by atoms with van der Waals surface area (Å²) in [6.07, 6.45) is 7.68. The quantitative estimate of drug-likeness (QED) is 0.530. The number of hydrogen-bond donors (Lipinski definition) is 2. The number of ether oxygens (including phenoxy) is 1. The largest absolute Gasteiger partial charge is 0.490 e. The van der Waals surface area contributed by atoms with Gasteiger partial charge in [0.25, 0.3) is 0 Å². The van der Waals surface area contributed by atoms with Gasteiger partial charge >= 0.3 is 0 Å². The van der Waals surface area contributed by atoms with Crippen LogP contribution in [0.5, 0.6) is 5.75 Å². The molecule has 0 aliphatic heterocycles. The molecule has 0 saturated heterocycles. The van der Waals surface area contributed by atoms with Crippen LogP contribution < -0.4 is 16.0 Å². The molecule has 112 valence electrons. The Hall–Kier alpha value is -1.06. The van der Waals surface area contributed by atoms with Crippen molar-refractivity contribution in [3.05, 3.63) is 29.8 Å². The molecule has 1 unspecified atom stereocenters. The molecule has 1 fully saturated rings. The molecule has 0 bridgehead atoms. The predicted octanol–water partition coefficient (Wildman–Crippen LogP) is 3.95. The molecule has 3 heteroatoms. The Morgan fingerprint density at radius 2 is 1.75 bits per heavy atom. The fraction of sp³-hybridized carbons (Fsp3) is 0.647. The summed E-state index contributed by atoms with van der Waals surface area (Å²) in [5.41, 5.74) is 4.29. The molecule has 0 aromatic heterocycles. The first kappa shape index (κ1) is 15.3. The van der Waals surface area contributed by atoms with Crippen molar-refractivity contribution in [3.63, 3.8) is 0 Å². The summed E-state index contributed by atoms with van der Waals surface area (Å²) < 4.78 is 5.80. The summed E-state index contributed by atoms with van der Waals surface area (Å²) in [5, 5.41) is 0. The summed E-state index contributed by atoms with van der Waals surface area (Å²) >= 11 is 0. The van der Waals surface area contributed by atoms with Crippen LogP contribution in [-0.2, 0) is 0 Å². The third kappa shape index (κ3) is 4.22. The van der Waals surface area contributed by atoms with Crippen LogP contribution >= 0.6 is 0 Å². The van der Waals surface area contributed by atoms with Gasteiger partial charge in [0.05, 0.1) is 6.10 Å². The minimum Gasteiger partial charge on any atom is -0.490 e. The van der Waals surface area contributed by atoms with Crippen molar-refractivity contribution in [1.29, 1.82) is 0 Å². The Morgan fingerprint density at radius 1 is 1.15 bits per heavy atom. The Morgan fingerprint density at radius 3 is 2.20 bits per heavy atom. The normalized spacial score (nSPS) is 16.4. The van der Waals surface area contributed by atoms with E-state index in [4.69, 9.17) is 10.6 Å². The monoisotopic (exact) mass is 276 g/mol. The molecule has 2 rings (SSSR count). The second-order valence-electron chi connectivity index (χ2n) is 5.87. The first-order valence-corrected chi connectivity index (χ1v) is 8.01. The van der Waals surface area contributed by atoms with E-state index in [1.54, 1.807) is 0 Å². The van der Waals surface area contributed by atoms with E-state index < -0.39 is 0 Å². The Balaban J connectivity index is 2.04. The summed E-state index contributed by atoms with van der Waals surface area (Å²) in [4.78, 5) is 0. The van der Waals surface area contributed by atoms with Gasteiger partial charge in [0.1, 0.15) is 5.75 Å². The lowest BCUT2D eigenvalue weighted by Gasteiger charge is -2.26. The highest BCUT2D eigenvalue weighted by Crippen LogP contribution is 2.31. The molecular formula is C17H28N2O. The molecule has 0 radical (unpaired) electrons. The van der Waals surface area contributed by atoms with Crippen LogP contribution in [0.4, 0.5) is 0 Å². The SMILES string of the molecule is CCCC(CCC)C(NN)c1ccc(OC2CC2)cc1. The lowest BCUT2D eigenvalue weighted by atomic mass is 9.86. The molecule has 1 aromatic rings. The molecule has 1 aliphatic carbocycles. The third-order valence-corrected chi connectivity index (χ3v) is 4.04. The van der Waals surface area contributed by atoms with Crippen molar-refractivity contribution in [2.45, 2.75) is 64.5 Å². The topological polar surface area (TPSA) is 47.3 Å². The second-order valence-corrected chi connectivity index (χ2v) is 5.87. The first-order valence-electron chi connectivity index (χ1n) is 8.01. The van der Waals surface area contributed by atoms with E-state index in [1.165, 1.54) is 44.1 Å². The minimum atomic E-state index is 0.241. The predicted molar refractivity (Wildman–Crippen MR) is 83.5 cm³/mol. The van der Waals surface area contributed by atoms with Crippen molar-refractivity contribution in [1.82, 2.24) is 5.43 Å². The van der Waals surface area contributed by atoms with Crippen molar-refractivity contribution < 1.29 is 4.74 Å². The Kier molecular flexibility index (Phi) is 5.86. The van der Waals surface area contributed by atoms with Gasteiger partial charge in [-0.3, -0.25) is 11.3 Å². The van der Waals surface area contributed by atoms with Crippen molar-refractivity contribution in [2.75, 3.05) is 0 Å². The number of nitrogens with one attached hydrogen (secondary N) is 1. The maximum absolute atomic E-state index is 5.81. The number of rotatable bonds is 9. The average molecular weight is 276 g/mol. The maximum Gasteiger partial charge on any atom is 0.119 e. The lowest BCUT2D eigenvalue weighted by molar-refractivity contribution is 0.301. The molecule has 3 N–H and O–H groups in total. The summed E-state index contributed by atoms with van der Waals surface area (Å²) in [7, 11) is 0. The van der Waals surface area contributed by atoms with Gasteiger partial charge in [-0.2, -0.15) is 0 Å². The van der Waals surface area contributed by atoms with Gasteiger partial charge in [-0.25, -0.2) is 0 Å². The van der Waals surface area contributed by atoms with E-state index in [0.717, 1.165) is 5.75 Å². The van der Waals surface area contributed by atoms with Gasteiger partial charge in [0, 0.05) is 6.04 Å². The van der Waals surface area contributed by atoms with Crippen molar-refractivity contribution in [3.8, 4) is 5.75 Å². The van der Waals surface area contributed by atoms with Crippen LogP contribution in [-0.4, -0.2) is 6.10 Å². The van der Waals surface area contributed by atoms with Gasteiger partial charge < -0.3 is 4.74 Å². The molecular weight excluding hydrogens is 248 g/mol. The minimum absolute atomic E-state index is 0.241. The van der Waals surface area contributed by atoms with Crippen LogP contribution in [0.15, 0.2) is 24.3 Å². The fourth-order valence-electron chi connectivity index (χ4n) is 2.86. The van der Waals surface area contributed by atoms with Crippen molar-refractivity contribution >= 4 is 0 Å². The van der Waals surface area contributed by atoms with Crippen LogP contribution in [0.1, 0.15) is 64.0 Å². The average Bonchev–Trinajstić information content (AvgIpc) is 3.26. The zero-order valence-corrected chi connectivity index (χ0v) is 12.8. The van der Waals surface area contributed by atoms with Gasteiger partial charge in [0.2, 0.25) is 0 Å². The van der Waals surface area contributed by atoms with E-state index in [0.29, 0.717) is 12.0 Å². The fourth-order valence-corrected chi connectivity index (χ4v) is 2.86. The van der Waals surface area contributed by atoms with Gasteiger partial charge in [0.15, 0.2) is 0 Å². The van der Waals surface area contributed by atoms with E-state index in [9.17, 15) is 0 Å². The van der Waals surface area contributed by atoms with E-state index in [2.05, 4.69) is 43.5 Å². The highest BCUT2D eigenvalue weighted by Gasteiger charge is 2.24. The zero-order chi connectivity index (χ0) is 14.4. The first-order chi connectivity index (χ1) is 9.78. The standard InChI is InChI=1S/C17H28N2O/c1-3-5-13(6-4-2)17(19-18)14-7-9-15(10-8-14)20-16-11-12-16/h7-10,13,16-17,19H,3-6,11-12,18H2,1-2H3. The molecule has 1 saturated carbocycles. The third-order valence-electron chi connectivity index (χ3n) is 4.04. The molecule has 3 nitrogen and oxygen atoms in total. The summed E-state index contributed by atoms with van der Waals surface area (Å²) in [6.45, 7) is 4.48. The molecule has 0 spiro atoms. The van der Waals surface area contributed by atoms with E-state index in [1.807, 2.05) is 0 Å². The number of nitrogens with two attached hydrogens (primary N) is 1. The molecule has 1 aromatic carbocycles. The van der Waals surface area contributed by atoms with Crippen molar-refractivity contribution in [2.24, 2.45) is 11.8 Å². The molecule has 20 heavy (non-hydrogen) atoms. The molecule has 1 aliphatic rings. The molecule has 0 amide bonds. The van der Waals surface area contributed by atoms with Crippen LogP contribution in [0.3, 0.4) is 0 Å². The van der Waals surface area contributed by atoms with Gasteiger partial charge in [-0.05, 0) is 49.3 Å².